The first-order valence-electron chi connectivity index (χ1n) is 7.50. The minimum atomic E-state index is 0.666. The lowest BCUT2D eigenvalue weighted by Crippen LogP contribution is -2.02. The molecule has 0 amide bonds. The number of nitrogens with zero attached hydrogens (tertiary/aromatic N) is 4. The standard InChI is InChI=1S/C17H21N5O/c1-12-13(2)22(11-19-12)16-7-5-15(6-8-16)18-9-14-10-20-21(3)17(14)23-4/h5-8,10-11,18H,9H2,1-4H3. The minimum Gasteiger partial charge on any atom is -0.481 e. The maximum Gasteiger partial charge on any atom is 0.216 e. The van der Waals surface area contributed by atoms with Crippen molar-refractivity contribution in [1.29, 1.82) is 0 Å². The second-order valence-electron chi connectivity index (χ2n) is 5.49. The molecule has 0 aliphatic carbocycles. The Morgan fingerprint density at radius 3 is 2.52 bits per heavy atom. The number of hydrogen-bond donors (Lipinski definition) is 1. The first-order valence-corrected chi connectivity index (χ1v) is 7.50. The zero-order valence-corrected chi connectivity index (χ0v) is 13.9. The molecule has 0 aliphatic rings. The van der Waals surface area contributed by atoms with Gasteiger partial charge in [-0.1, -0.05) is 0 Å². The van der Waals surface area contributed by atoms with E-state index in [0.717, 1.165) is 34.2 Å². The van der Waals surface area contributed by atoms with Gasteiger partial charge in [-0.25, -0.2) is 9.67 Å². The number of imidazole rings is 1. The molecule has 2 aromatic heterocycles. The lowest BCUT2D eigenvalue weighted by molar-refractivity contribution is 0.370. The van der Waals surface area contributed by atoms with E-state index < -0.39 is 0 Å². The van der Waals surface area contributed by atoms with Crippen molar-refractivity contribution >= 4 is 5.69 Å². The van der Waals surface area contributed by atoms with Gasteiger partial charge in [0.1, 0.15) is 0 Å². The molecule has 0 saturated carbocycles. The van der Waals surface area contributed by atoms with Gasteiger partial charge in [0.05, 0.1) is 30.9 Å². The number of hydrogen-bond acceptors (Lipinski definition) is 4. The first kappa shape index (κ1) is 15.1. The SMILES string of the molecule is COc1c(CNc2ccc(-n3cnc(C)c3C)cc2)cnn1C. The molecule has 6 heteroatoms. The Labute approximate surface area is 135 Å². The number of rotatable bonds is 5. The van der Waals surface area contributed by atoms with Crippen molar-refractivity contribution in [3.63, 3.8) is 0 Å². The zero-order valence-electron chi connectivity index (χ0n) is 13.9. The van der Waals surface area contributed by atoms with Crippen molar-refractivity contribution in [3.8, 4) is 11.6 Å². The van der Waals surface area contributed by atoms with Gasteiger partial charge in [0.25, 0.3) is 0 Å². The highest BCUT2D eigenvalue weighted by molar-refractivity contribution is 5.50. The summed E-state index contributed by atoms with van der Waals surface area (Å²) in [4.78, 5) is 4.34. The third kappa shape index (κ3) is 2.92. The van der Waals surface area contributed by atoms with Gasteiger partial charge in [0.15, 0.2) is 0 Å². The number of ether oxygens (including phenoxy) is 1. The molecule has 3 aromatic rings. The molecule has 1 N–H and O–H groups in total. The van der Waals surface area contributed by atoms with E-state index in [1.165, 1.54) is 0 Å². The molecule has 0 unspecified atom stereocenters. The third-order valence-electron chi connectivity index (χ3n) is 4.03. The fraction of sp³-hybridized carbons (Fsp3) is 0.294. The molecule has 1 aromatic carbocycles. The van der Waals surface area contributed by atoms with E-state index in [9.17, 15) is 0 Å². The van der Waals surface area contributed by atoms with E-state index in [-0.39, 0.29) is 0 Å². The van der Waals surface area contributed by atoms with E-state index in [1.54, 1.807) is 11.8 Å². The second kappa shape index (κ2) is 6.16. The van der Waals surface area contributed by atoms with Crippen LogP contribution in [-0.4, -0.2) is 26.4 Å². The van der Waals surface area contributed by atoms with Crippen molar-refractivity contribution in [1.82, 2.24) is 19.3 Å². The Hall–Kier alpha value is -2.76. The van der Waals surface area contributed by atoms with Crippen LogP contribution in [0, 0.1) is 13.8 Å². The topological polar surface area (TPSA) is 56.9 Å². The van der Waals surface area contributed by atoms with Gasteiger partial charge in [-0.15, -0.1) is 0 Å². The highest BCUT2D eigenvalue weighted by atomic mass is 16.5. The predicted octanol–water partition coefficient (Wildman–Crippen LogP) is 2.84. The molecule has 0 bridgehead atoms. The van der Waals surface area contributed by atoms with Gasteiger partial charge in [-0.05, 0) is 38.1 Å². The Balaban J connectivity index is 1.71. The van der Waals surface area contributed by atoms with Crippen LogP contribution in [0.4, 0.5) is 5.69 Å². The summed E-state index contributed by atoms with van der Waals surface area (Å²) in [5.74, 6) is 0.777. The largest absolute Gasteiger partial charge is 0.481 e. The van der Waals surface area contributed by atoms with Crippen LogP contribution in [-0.2, 0) is 13.6 Å². The quantitative estimate of drug-likeness (QED) is 0.787. The minimum absolute atomic E-state index is 0.666. The Bertz CT molecular complexity index is 801. The van der Waals surface area contributed by atoms with Gasteiger partial charge < -0.3 is 14.6 Å². The van der Waals surface area contributed by atoms with Crippen LogP contribution in [0.1, 0.15) is 17.0 Å². The zero-order chi connectivity index (χ0) is 16.4. The Kier molecular flexibility index (Phi) is 4.06. The fourth-order valence-electron chi connectivity index (χ4n) is 2.55. The Morgan fingerprint density at radius 1 is 1.17 bits per heavy atom. The maximum absolute atomic E-state index is 5.35. The summed E-state index contributed by atoms with van der Waals surface area (Å²) in [6.45, 7) is 4.76. The summed E-state index contributed by atoms with van der Waals surface area (Å²) >= 11 is 0. The van der Waals surface area contributed by atoms with Crippen molar-refractivity contribution in [2.45, 2.75) is 20.4 Å². The number of methoxy groups -OCH3 is 1. The first-order chi connectivity index (χ1) is 11.1. The van der Waals surface area contributed by atoms with Gasteiger partial charge in [-0.2, -0.15) is 5.10 Å². The summed E-state index contributed by atoms with van der Waals surface area (Å²) in [7, 11) is 3.53. The van der Waals surface area contributed by atoms with E-state index in [4.69, 9.17) is 4.74 Å². The smallest absolute Gasteiger partial charge is 0.216 e. The molecule has 0 spiro atoms. The van der Waals surface area contributed by atoms with Crippen molar-refractivity contribution in [2.24, 2.45) is 7.05 Å². The summed E-state index contributed by atoms with van der Waals surface area (Å²) in [5.41, 5.74) is 5.39. The second-order valence-corrected chi connectivity index (χ2v) is 5.49. The number of aryl methyl sites for hydroxylation is 2. The van der Waals surface area contributed by atoms with Gasteiger partial charge >= 0.3 is 0 Å². The van der Waals surface area contributed by atoms with Crippen LogP contribution in [0.3, 0.4) is 0 Å². The van der Waals surface area contributed by atoms with Crippen LogP contribution < -0.4 is 10.1 Å². The maximum atomic E-state index is 5.35. The number of nitrogens with one attached hydrogen (secondary N) is 1. The van der Waals surface area contributed by atoms with Crippen molar-refractivity contribution in [3.05, 3.63) is 53.7 Å². The monoisotopic (exact) mass is 311 g/mol. The molecule has 0 aliphatic heterocycles. The van der Waals surface area contributed by atoms with Crippen molar-refractivity contribution < 1.29 is 4.74 Å². The lowest BCUT2D eigenvalue weighted by Gasteiger charge is -2.09. The van der Waals surface area contributed by atoms with E-state index in [2.05, 4.69) is 51.2 Å². The van der Waals surface area contributed by atoms with Gasteiger partial charge in [0.2, 0.25) is 5.88 Å². The van der Waals surface area contributed by atoms with E-state index in [0.29, 0.717) is 6.54 Å². The molecule has 0 atom stereocenters. The van der Waals surface area contributed by atoms with Crippen LogP contribution >= 0.6 is 0 Å². The van der Waals surface area contributed by atoms with Crippen LogP contribution in [0.5, 0.6) is 5.88 Å². The average Bonchev–Trinajstić information content (AvgIpc) is 3.09. The third-order valence-corrected chi connectivity index (χ3v) is 4.03. The Morgan fingerprint density at radius 2 is 1.91 bits per heavy atom. The lowest BCUT2D eigenvalue weighted by atomic mass is 10.2. The van der Waals surface area contributed by atoms with Crippen LogP contribution in [0.25, 0.3) is 5.69 Å². The van der Waals surface area contributed by atoms with Gasteiger partial charge in [0, 0.05) is 30.7 Å². The molecule has 0 fully saturated rings. The highest BCUT2D eigenvalue weighted by Crippen LogP contribution is 2.20. The molecule has 120 valence electrons. The summed E-state index contributed by atoms with van der Waals surface area (Å²) < 4.78 is 9.16. The average molecular weight is 311 g/mol. The molecule has 2 heterocycles. The molecular weight excluding hydrogens is 290 g/mol. The summed E-state index contributed by atoms with van der Waals surface area (Å²) in [5, 5.41) is 7.60. The molecule has 3 rings (SSSR count). The molecular formula is C17H21N5O. The molecule has 0 saturated heterocycles. The summed E-state index contributed by atoms with van der Waals surface area (Å²) in [6, 6.07) is 8.29. The number of anilines is 1. The molecule has 0 radical (unpaired) electrons. The highest BCUT2D eigenvalue weighted by Gasteiger charge is 2.08. The van der Waals surface area contributed by atoms with Gasteiger partial charge in [-0.3, -0.25) is 0 Å². The predicted molar refractivity (Wildman–Crippen MR) is 90.1 cm³/mol. The van der Waals surface area contributed by atoms with Crippen LogP contribution in [0.15, 0.2) is 36.8 Å². The number of aromatic nitrogens is 4. The molecule has 6 nitrogen and oxygen atoms in total. The van der Waals surface area contributed by atoms with Crippen LogP contribution in [0.2, 0.25) is 0 Å². The number of benzene rings is 1. The summed E-state index contributed by atoms with van der Waals surface area (Å²) in [6.07, 6.45) is 3.67. The van der Waals surface area contributed by atoms with Crippen molar-refractivity contribution in [2.75, 3.05) is 12.4 Å². The molecule has 23 heavy (non-hydrogen) atoms. The normalized spacial score (nSPS) is 10.8. The fourth-order valence-corrected chi connectivity index (χ4v) is 2.55. The van der Waals surface area contributed by atoms with E-state index in [1.807, 2.05) is 26.5 Å². The van der Waals surface area contributed by atoms with E-state index >= 15 is 0 Å².